The summed E-state index contributed by atoms with van der Waals surface area (Å²) >= 11 is 7.29. The Labute approximate surface area is 199 Å². The number of benzene rings is 1. The highest BCUT2D eigenvalue weighted by Crippen LogP contribution is 2.27. The molecule has 1 aliphatic carbocycles. The van der Waals surface area contributed by atoms with Crippen molar-refractivity contribution >= 4 is 45.6 Å². The highest BCUT2D eigenvalue weighted by Gasteiger charge is 2.28. The van der Waals surface area contributed by atoms with Gasteiger partial charge < -0.3 is 20.3 Å². The Morgan fingerprint density at radius 3 is 3.03 bits per heavy atom. The van der Waals surface area contributed by atoms with Gasteiger partial charge in [0.1, 0.15) is 5.82 Å². The van der Waals surface area contributed by atoms with Crippen LogP contribution in [0, 0.1) is 5.82 Å². The monoisotopic (exact) mass is 488 g/mol. The number of nitrogens with one attached hydrogen (secondary N) is 2. The Morgan fingerprint density at radius 1 is 1.36 bits per heavy atom. The van der Waals surface area contributed by atoms with E-state index in [9.17, 15) is 14.3 Å². The van der Waals surface area contributed by atoms with Crippen LogP contribution in [0.1, 0.15) is 51.8 Å². The highest BCUT2D eigenvalue weighted by atomic mass is 35.5. The van der Waals surface area contributed by atoms with E-state index in [4.69, 9.17) is 11.6 Å². The first-order valence-electron chi connectivity index (χ1n) is 11.1. The van der Waals surface area contributed by atoms with E-state index < -0.39 is 11.7 Å². The number of H-pyrrole nitrogens is 1. The molecule has 2 unspecified atom stereocenters. The maximum Gasteiger partial charge on any atom is 0.280 e. The number of carbonyl (C=O) groups excluding carboxylic acids is 1. The molecular formula is C23H24ClFN5O2S-. The lowest BCUT2D eigenvalue weighted by molar-refractivity contribution is -0.214. The molecule has 1 aliphatic heterocycles. The second-order valence-corrected chi connectivity index (χ2v) is 10.3. The van der Waals surface area contributed by atoms with Crippen LogP contribution in [0.4, 0.5) is 4.39 Å². The first-order valence-corrected chi connectivity index (χ1v) is 12.3. The van der Waals surface area contributed by atoms with Crippen molar-refractivity contribution in [2.75, 3.05) is 13.6 Å². The van der Waals surface area contributed by atoms with E-state index in [2.05, 4.69) is 32.2 Å². The van der Waals surface area contributed by atoms with Crippen molar-refractivity contribution in [3.63, 3.8) is 0 Å². The quantitative estimate of drug-likeness (QED) is 0.435. The number of aromatic nitrogens is 2. The molecule has 5 rings (SSSR count). The van der Waals surface area contributed by atoms with E-state index in [0.29, 0.717) is 15.9 Å². The molecule has 174 valence electrons. The number of hydrogen-bond acceptors (Lipinski definition) is 6. The molecule has 1 aromatic carbocycles. The number of carbonyl (C=O) groups is 1. The van der Waals surface area contributed by atoms with Crippen LogP contribution >= 0.6 is 22.9 Å². The van der Waals surface area contributed by atoms with Gasteiger partial charge in [-0.15, -0.1) is 11.3 Å². The third-order valence-electron chi connectivity index (χ3n) is 6.34. The van der Waals surface area contributed by atoms with Gasteiger partial charge in [0.2, 0.25) is 0 Å². The summed E-state index contributed by atoms with van der Waals surface area (Å²) in [5, 5.41) is 17.1. The largest absolute Gasteiger partial charge is 0.857 e. The van der Waals surface area contributed by atoms with Crippen LogP contribution in [-0.2, 0) is 13.0 Å². The van der Waals surface area contributed by atoms with Gasteiger partial charge in [0, 0.05) is 46.9 Å². The fraction of sp³-hybridized carbons (Fsp3) is 0.435. The van der Waals surface area contributed by atoms with Crippen molar-refractivity contribution < 1.29 is 14.3 Å². The number of fused-ring (bicyclic) bond motifs is 2. The van der Waals surface area contributed by atoms with E-state index in [1.54, 1.807) is 6.07 Å². The normalized spacial score (nSPS) is 21.8. The van der Waals surface area contributed by atoms with E-state index in [0.717, 1.165) is 55.8 Å². The number of likely N-dealkylation sites (N-methyl/N-ethyl adjacent to an activating group) is 1. The summed E-state index contributed by atoms with van der Waals surface area (Å²) in [5.41, 5.74) is 1.78. The lowest BCUT2D eigenvalue weighted by Gasteiger charge is -2.30. The lowest BCUT2D eigenvalue weighted by Crippen LogP contribution is -2.45. The number of rotatable bonds is 4. The predicted molar refractivity (Wildman–Crippen MR) is 125 cm³/mol. The molecule has 2 atom stereocenters. The molecule has 3 heterocycles. The Hall–Kier alpha value is -2.49. The standard InChI is InChI=1S/C23H25ClFN5O2S/c1-30-7-6-17-20(11-30)33-23(29-17)22(32)28-16-5-3-2-4-15(16)27-21(31)19-9-12-8-13(24)14(25)10-18(12)26-19/h8-10,15-16,26H,2-7,11H2,1H3,(H,27,31)(H,28,32)/p-1. The van der Waals surface area contributed by atoms with Crippen LogP contribution in [0.5, 0.6) is 0 Å². The second kappa shape index (κ2) is 9.04. The summed E-state index contributed by atoms with van der Waals surface area (Å²) in [6.45, 7) is 1.76. The molecule has 3 aromatic rings. The van der Waals surface area contributed by atoms with Crippen LogP contribution in [0.3, 0.4) is 0 Å². The van der Waals surface area contributed by atoms with Crippen molar-refractivity contribution in [2.24, 2.45) is 4.99 Å². The fourth-order valence-corrected chi connectivity index (χ4v) is 5.81. The smallest absolute Gasteiger partial charge is 0.280 e. The summed E-state index contributed by atoms with van der Waals surface area (Å²) in [4.78, 5) is 28.2. The number of aromatic amines is 1. The van der Waals surface area contributed by atoms with Crippen LogP contribution in [-0.4, -0.2) is 52.3 Å². The molecular weight excluding hydrogens is 465 g/mol. The first-order chi connectivity index (χ1) is 15.9. The molecule has 2 aromatic heterocycles. The molecule has 7 nitrogen and oxygen atoms in total. The van der Waals surface area contributed by atoms with Crippen LogP contribution in [0.15, 0.2) is 23.2 Å². The second-order valence-electron chi connectivity index (χ2n) is 8.78. The Bertz CT molecular complexity index is 1200. The van der Waals surface area contributed by atoms with Crippen LogP contribution in [0.25, 0.3) is 10.9 Å². The van der Waals surface area contributed by atoms with E-state index >= 15 is 0 Å². The summed E-state index contributed by atoms with van der Waals surface area (Å²) in [7, 11) is 2.06. The number of amides is 1. The van der Waals surface area contributed by atoms with E-state index in [1.807, 2.05) is 0 Å². The molecule has 1 fully saturated rings. The minimum atomic E-state index is -0.549. The summed E-state index contributed by atoms with van der Waals surface area (Å²) < 4.78 is 13.7. The van der Waals surface area contributed by atoms with Crippen molar-refractivity contribution in [3.05, 3.63) is 50.3 Å². The molecule has 2 aliphatic rings. The number of nitrogens with zero attached hydrogens (tertiary/aromatic N) is 3. The van der Waals surface area contributed by atoms with Crippen LogP contribution in [0.2, 0.25) is 5.02 Å². The molecule has 10 heteroatoms. The maximum atomic E-state index is 13.7. The lowest BCUT2D eigenvalue weighted by atomic mass is 9.90. The minimum absolute atomic E-state index is 0.00278. The topological polar surface area (TPSA) is 96.4 Å². The van der Waals surface area contributed by atoms with Crippen molar-refractivity contribution in [1.82, 2.24) is 20.2 Å². The summed E-state index contributed by atoms with van der Waals surface area (Å²) in [6.07, 6.45) is 4.24. The maximum absolute atomic E-state index is 13.7. The zero-order chi connectivity index (χ0) is 23.1. The van der Waals surface area contributed by atoms with Gasteiger partial charge in [0.25, 0.3) is 5.91 Å². The minimum Gasteiger partial charge on any atom is -0.857 e. The van der Waals surface area contributed by atoms with Gasteiger partial charge in [-0.3, -0.25) is 9.79 Å². The summed E-state index contributed by atoms with van der Waals surface area (Å²) in [6, 6.07) is 3.83. The molecule has 2 N–H and O–H groups in total. The predicted octanol–water partition coefficient (Wildman–Crippen LogP) is 3.25. The molecule has 33 heavy (non-hydrogen) atoms. The average Bonchev–Trinajstić information content (AvgIpc) is 3.39. The van der Waals surface area contributed by atoms with Crippen molar-refractivity contribution in [2.45, 2.75) is 50.7 Å². The molecule has 1 amide bonds. The SMILES string of the molecule is CN1CCc2nc(C(=O)NC3CCCCC3N=C([O-])c3cc4cc(Cl)c(F)cc4[nH]3)sc2C1. The van der Waals surface area contributed by atoms with Gasteiger partial charge in [-0.2, -0.15) is 0 Å². The van der Waals surface area contributed by atoms with Gasteiger partial charge in [0.05, 0.1) is 22.8 Å². The van der Waals surface area contributed by atoms with E-state index in [-0.39, 0.29) is 28.7 Å². The zero-order valence-corrected chi connectivity index (χ0v) is 19.7. The van der Waals surface area contributed by atoms with Gasteiger partial charge in [-0.25, -0.2) is 9.37 Å². The third kappa shape index (κ3) is 4.62. The van der Waals surface area contributed by atoms with Gasteiger partial charge in [-0.05, 0) is 38.1 Å². The van der Waals surface area contributed by atoms with Crippen molar-refractivity contribution in [3.8, 4) is 0 Å². The Morgan fingerprint density at radius 2 is 2.18 bits per heavy atom. The fourth-order valence-electron chi connectivity index (χ4n) is 4.55. The molecule has 0 saturated heterocycles. The zero-order valence-electron chi connectivity index (χ0n) is 18.2. The van der Waals surface area contributed by atoms with Gasteiger partial charge >= 0.3 is 0 Å². The van der Waals surface area contributed by atoms with E-state index in [1.165, 1.54) is 23.5 Å². The van der Waals surface area contributed by atoms with Crippen LogP contribution < -0.4 is 10.4 Å². The molecule has 0 spiro atoms. The first kappa shape index (κ1) is 22.3. The molecule has 1 saturated carbocycles. The van der Waals surface area contributed by atoms with Gasteiger partial charge in [-0.1, -0.05) is 24.4 Å². The molecule has 0 radical (unpaired) electrons. The highest BCUT2D eigenvalue weighted by molar-refractivity contribution is 7.13. The Kier molecular flexibility index (Phi) is 6.11. The average molecular weight is 489 g/mol. The Balaban J connectivity index is 1.33. The summed E-state index contributed by atoms with van der Waals surface area (Å²) in [5.74, 6) is -1.17. The number of hydrogen-bond donors (Lipinski definition) is 2. The number of halogens is 2. The van der Waals surface area contributed by atoms with Gasteiger partial charge in [0.15, 0.2) is 5.01 Å². The number of thiazole rings is 1. The van der Waals surface area contributed by atoms with Crippen molar-refractivity contribution in [1.29, 1.82) is 0 Å². The third-order valence-corrected chi connectivity index (χ3v) is 7.71. The number of aliphatic imine (C=N–C) groups is 1. The molecule has 0 bridgehead atoms.